The van der Waals surface area contributed by atoms with Gasteiger partial charge in [0.05, 0.1) is 5.69 Å². The summed E-state index contributed by atoms with van der Waals surface area (Å²) >= 11 is 3.56. The molecular formula is C14H19BrN2O. The first kappa shape index (κ1) is 13.6. The van der Waals surface area contributed by atoms with Crippen LogP contribution in [0.3, 0.4) is 0 Å². The maximum absolute atomic E-state index is 10.7. The zero-order chi connectivity index (χ0) is 13.1. The van der Waals surface area contributed by atoms with Crippen molar-refractivity contribution < 1.29 is 4.79 Å². The number of hydrogen-bond donors (Lipinski definition) is 0. The monoisotopic (exact) mass is 310 g/mol. The number of carbonyl (C=O) groups excluding carboxylic acids is 1. The van der Waals surface area contributed by atoms with Crippen molar-refractivity contribution in [1.82, 2.24) is 4.90 Å². The first-order chi connectivity index (χ1) is 8.61. The maximum Gasteiger partial charge on any atom is 0.150 e. The number of aldehydes is 1. The average molecular weight is 311 g/mol. The molecule has 0 aromatic heterocycles. The summed E-state index contributed by atoms with van der Waals surface area (Å²) < 4.78 is 1.01. The summed E-state index contributed by atoms with van der Waals surface area (Å²) in [5, 5.41) is 0. The minimum atomic E-state index is 0.689. The summed E-state index contributed by atoms with van der Waals surface area (Å²) in [5.74, 6) is 0. The Morgan fingerprint density at radius 3 is 2.50 bits per heavy atom. The van der Waals surface area contributed by atoms with E-state index in [1.165, 1.54) is 18.5 Å². The fraction of sp³-hybridized carbons (Fsp3) is 0.500. The Morgan fingerprint density at radius 2 is 2.00 bits per heavy atom. The van der Waals surface area contributed by atoms with E-state index in [0.29, 0.717) is 11.6 Å². The number of anilines is 1. The normalized spacial score (nSPS) is 17.2. The van der Waals surface area contributed by atoms with Gasteiger partial charge in [-0.15, -0.1) is 0 Å². The van der Waals surface area contributed by atoms with Gasteiger partial charge in [-0.25, -0.2) is 0 Å². The van der Waals surface area contributed by atoms with Gasteiger partial charge in [-0.3, -0.25) is 4.79 Å². The van der Waals surface area contributed by atoms with Crippen molar-refractivity contribution in [3.05, 3.63) is 28.2 Å². The first-order valence-corrected chi connectivity index (χ1v) is 7.07. The smallest absolute Gasteiger partial charge is 0.150 e. The van der Waals surface area contributed by atoms with Gasteiger partial charge in [0.1, 0.15) is 6.29 Å². The molecule has 0 bridgehead atoms. The van der Waals surface area contributed by atoms with Gasteiger partial charge in [0, 0.05) is 29.2 Å². The van der Waals surface area contributed by atoms with E-state index < -0.39 is 0 Å². The zero-order valence-electron chi connectivity index (χ0n) is 10.9. The molecule has 98 valence electrons. The molecule has 4 heteroatoms. The van der Waals surface area contributed by atoms with Crippen LogP contribution in [0.15, 0.2) is 22.7 Å². The first-order valence-electron chi connectivity index (χ1n) is 6.28. The van der Waals surface area contributed by atoms with E-state index in [-0.39, 0.29) is 0 Å². The predicted molar refractivity (Wildman–Crippen MR) is 78.5 cm³/mol. The van der Waals surface area contributed by atoms with Crippen molar-refractivity contribution >= 4 is 27.9 Å². The van der Waals surface area contributed by atoms with E-state index in [0.717, 1.165) is 23.8 Å². The molecule has 1 aliphatic rings. The molecule has 3 nitrogen and oxygen atoms in total. The Kier molecular flexibility index (Phi) is 4.40. The van der Waals surface area contributed by atoms with E-state index in [2.05, 4.69) is 39.8 Å². The lowest BCUT2D eigenvalue weighted by Crippen LogP contribution is -2.42. The van der Waals surface area contributed by atoms with Crippen LogP contribution in [0.4, 0.5) is 5.69 Å². The Hall–Kier alpha value is -0.870. The minimum Gasteiger partial charge on any atom is -0.371 e. The van der Waals surface area contributed by atoms with Crippen molar-refractivity contribution in [3.63, 3.8) is 0 Å². The molecule has 0 saturated carbocycles. The third-order valence-corrected chi connectivity index (χ3v) is 4.28. The molecule has 1 aromatic rings. The van der Waals surface area contributed by atoms with Gasteiger partial charge in [-0.05, 0) is 61.1 Å². The number of hydrogen-bond acceptors (Lipinski definition) is 3. The Labute approximate surface area is 117 Å². The molecule has 1 heterocycles. The van der Waals surface area contributed by atoms with Gasteiger partial charge in [0.25, 0.3) is 0 Å². The molecule has 1 aliphatic heterocycles. The largest absolute Gasteiger partial charge is 0.371 e. The second kappa shape index (κ2) is 5.85. The lowest BCUT2D eigenvalue weighted by molar-refractivity contribution is 0.112. The number of nitrogens with zero attached hydrogens (tertiary/aromatic N) is 2. The summed E-state index contributed by atoms with van der Waals surface area (Å²) in [6.45, 7) is 2.14. The number of benzene rings is 1. The molecule has 0 radical (unpaired) electrons. The van der Waals surface area contributed by atoms with Crippen LogP contribution < -0.4 is 4.90 Å². The quantitative estimate of drug-likeness (QED) is 0.802. The van der Waals surface area contributed by atoms with Gasteiger partial charge in [-0.1, -0.05) is 0 Å². The molecule has 2 rings (SSSR count). The molecule has 0 atom stereocenters. The lowest BCUT2D eigenvalue weighted by atomic mass is 10.0. The second-order valence-corrected chi connectivity index (χ2v) is 5.86. The van der Waals surface area contributed by atoms with Crippen molar-refractivity contribution in [2.45, 2.75) is 18.9 Å². The van der Waals surface area contributed by atoms with Gasteiger partial charge < -0.3 is 9.80 Å². The van der Waals surface area contributed by atoms with Crippen molar-refractivity contribution in [3.8, 4) is 0 Å². The number of carbonyl (C=O) groups is 1. The Balaban J connectivity index is 2.07. The van der Waals surface area contributed by atoms with Crippen LogP contribution >= 0.6 is 15.9 Å². The van der Waals surface area contributed by atoms with Crippen LogP contribution in [0.1, 0.15) is 23.2 Å². The van der Waals surface area contributed by atoms with Gasteiger partial charge in [0.2, 0.25) is 0 Å². The second-order valence-electron chi connectivity index (χ2n) is 5.01. The highest BCUT2D eigenvalue weighted by Crippen LogP contribution is 2.29. The summed E-state index contributed by atoms with van der Waals surface area (Å²) in [5.41, 5.74) is 1.91. The fourth-order valence-electron chi connectivity index (χ4n) is 2.48. The number of halogens is 1. The summed E-state index contributed by atoms with van der Waals surface area (Å²) in [6, 6.07) is 6.49. The van der Waals surface area contributed by atoms with E-state index in [9.17, 15) is 4.79 Å². The summed E-state index contributed by atoms with van der Waals surface area (Å²) in [4.78, 5) is 15.4. The van der Waals surface area contributed by atoms with Crippen LogP contribution in [0.2, 0.25) is 0 Å². The standard InChI is InChI=1S/C14H19BrN2O/c1-16(2)12-5-7-17(8-6-12)14-4-3-11(10-18)9-13(14)15/h3-4,9-10,12H,5-8H2,1-2H3. The third-order valence-electron chi connectivity index (χ3n) is 3.64. The highest BCUT2D eigenvalue weighted by molar-refractivity contribution is 9.10. The van der Waals surface area contributed by atoms with Crippen molar-refractivity contribution in [2.75, 3.05) is 32.1 Å². The SMILES string of the molecule is CN(C)C1CCN(c2ccc(C=O)cc2Br)CC1. The summed E-state index contributed by atoms with van der Waals surface area (Å²) in [6.07, 6.45) is 3.26. The van der Waals surface area contributed by atoms with Crippen molar-refractivity contribution in [2.24, 2.45) is 0 Å². The molecule has 0 unspecified atom stereocenters. The lowest BCUT2D eigenvalue weighted by Gasteiger charge is -2.37. The zero-order valence-corrected chi connectivity index (χ0v) is 12.5. The van der Waals surface area contributed by atoms with E-state index in [1.54, 1.807) is 0 Å². The molecule has 0 N–H and O–H groups in total. The topological polar surface area (TPSA) is 23.6 Å². The molecule has 0 aliphatic carbocycles. The molecule has 0 spiro atoms. The van der Waals surface area contributed by atoms with Gasteiger partial charge in [-0.2, -0.15) is 0 Å². The van der Waals surface area contributed by atoms with Crippen LogP contribution in [-0.2, 0) is 0 Å². The number of piperidine rings is 1. The average Bonchev–Trinajstić information content (AvgIpc) is 2.38. The molecular weight excluding hydrogens is 292 g/mol. The Bertz CT molecular complexity index is 426. The van der Waals surface area contributed by atoms with Gasteiger partial charge >= 0.3 is 0 Å². The van der Waals surface area contributed by atoms with E-state index in [4.69, 9.17) is 0 Å². The van der Waals surface area contributed by atoms with E-state index in [1.807, 2.05) is 18.2 Å². The summed E-state index contributed by atoms with van der Waals surface area (Å²) in [7, 11) is 4.30. The maximum atomic E-state index is 10.7. The fourth-order valence-corrected chi connectivity index (χ4v) is 3.12. The van der Waals surface area contributed by atoms with E-state index >= 15 is 0 Å². The van der Waals surface area contributed by atoms with Crippen LogP contribution in [-0.4, -0.2) is 44.4 Å². The predicted octanol–water partition coefficient (Wildman–Crippen LogP) is 2.79. The molecule has 18 heavy (non-hydrogen) atoms. The molecule has 1 fully saturated rings. The van der Waals surface area contributed by atoms with Crippen LogP contribution in [0.5, 0.6) is 0 Å². The third kappa shape index (κ3) is 2.93. The molecule has 1 saturated heterocycles. The minimum absolute atomic E-state index is 0.689. The molecule has 1 aromatic carbocycles. The molecule has 0 amide bonds. The highest BCUT2D eigenvalue weighted by atomic mass is 79.9. The van der Waals surface area contributed by atoms with Crippen LogP contribution in [0.25, 0.3) is 0 Å². The number of rotatable bonds is 3. The highest BCUT2D eigenvalue weighted by Gasteiger charge is 2.21. The van der Waals surface area contributed by atoms with Crippen LogP contribution in [0, 0.1) is 0 Å². The van der Waals surface area contributed by atoms with Gasteiger partial charge in [0.15, 0.2) is 0 Å². The Morgan fingerprint density at radius 1 is 1.33 bits per heavy atom. The van der Waals surface area contributed by atoms with Crippen molar-refractivity contribution in [1.29, 1.82) is 0 Å².